The second kappa shape index (κ2) is 9.04. The first-order valence-electron chi connectivity index (χ1n) is 11.0. The van der Waals surface area contributed by atoms with Gasteiger partial charge in [-0.15, -0.1) is 0 Å². The molecule has 4 amide bonds. The minimum atomic E-state index is -0.790. The summed E-state index contributed by atoms with van der Waals surface area (Å²) in [4.78, 5) is 41.6. The molecule has 2 aliphatic heterocycles. The van der Waals surface area contributed by atoms with Gasteiger partial charge in [-0.2, -0.15) is 0 Å². The van der Waals surface area contributed by atoms with Crippen LogP contribution in [0, 0.1) is 0 Å². The number of carbonyl (C=O) groups is 3. The second-order valence-electron chi connectivity index (χ2n) is 8.96. The number of rotatable bonds is 4. The van der Waals surface area contributed by atoms with Crippen LogP contribution in [-0.2, 0) is 9.59 Å². The van der Waals surface area contributed by atoms with Gasteiger partial charge in [-0.3, -0.25) is 14.9 Å². The summed E-state index contributed by atoms with van der Waals surface area (Å²) < 4.78 is 0.803. The molecule has 0 radical (unpaired) electrons. The van der Waals surface area contributed by atoms with Gasteiger partial charge in [0, 0.05) is 27.3 Å². The van der Waals surface area contributed by atoms with E-state index in [2.05, 4.69) is 53.0 Å². The Morgan fingerprint density at radius 2 is 1.79 bits per heavy atom. The molecule has 8 heteroatoms. The molecule has 1 N–H and O–H groups in total. The number of halogens is 2. The standard InChI is InChI=1S/C26H25BrClN3O3/c1-5-10-30-22-13-21(28)16(11-19(22)15(2)14-26(30,3)4)12-20-23(32)29-25(34)31(24(20)33)18-8-6-17(27)7-9-18/h6-9,11-14H,5,10H2,1-4H3,(H,29,32,34)/b20-12-. The van der Waals surface area contributed by atoms with E-state index >= 15 is 0 Å². The maximum Gasteiger partial charge on any atom is 0.335 e. The third-order valence-corrected chi connectivity index (χ3v) is 6.89. The van der Waals surface area contributed by atoms with Gasteiger partial charge in [-0.25, -0.2) is 9.69 Å². The van der Waals surface area contributed by atoms with Gasteiger partial charge in [0.1, 0.15) is 5.57 Å². The lowest BCUT2D eigenvalue weighted by Gasteiger charge is -2.43. The molecule has 176 valence electrons. The Morgan fingerprint density at radius 1 is 1.12 bits per heavy atom. The van der Waals surface area contributed by atoms with Crippen LogP contribution in [0.4, 0.5) is 16.2 Å². The normalized spacial score (nSPS) is 18.7. The number of nitrogens with one attached hydrogen (secondary N) is 1. The minimum absolute atomic E-state index is 0.160. The lowest BCUT2D eigenvalue weighted by molar-refractivity contribution is -0.122. The summed E-state index contributed by atoms with van der Waals surface area (Å²) in [6.07, 6.45) is 4.64. The van der Waals surface area contributed by atoms with Crippen molar-refractivity contribution in [2.24, 2.45) is 0 Å². The van der Waals surface area contributed by atoms with Crippen molar-refractivity contribution < 1.29 is 14.4 Å². The molecule has 4 rings (SSSR count). The van der Waals surface area contributed by atoms with Crippen LogP contribution in [0.15, 0.2) is 52.5 Å². The van der Waals surface area contributed by atoms with Crippen molar-refractivity contribution in [3.63, 3.8) is 0 Å². The highest BCUT2D eigenvalue weighted by Gasteiger charge is 2.37. The molecular formula is C26H25BrClN3O3. The van der Waals surface area contributed by atoms with Crippen LogP contribution >= 0.6 is 27.5 Å². The zero-order valence-corrected chi connectivity index (χ0v) is 21.8. The molecule has 34 heavy (non-hydrogen) atoms. The van der Waals surface area contributed by atoms with Gasteiger partial charge in [-0.1, -0.05) is 40.5 Å². The Kier molecular flexibility index (Phi) is 6.44. The number of carbonyl (C=O) groups excluding carboxylic acids is 3. The molecule has 0 saturated carbocycles. The van der Waals surface area contributed by atoms with Gasteiger partial charge in [0.25, 0.3) is 11.8 Å². The van der Waals surface area contributed by atoms with E-state index in [-0.39, 0.29) is 11.1 Å². The Balaban J connectivity index is 1.78. The van der Waals surface area contributed by atoms with E-state index in [1.807, 2.05) is 19.1 Å². The maximum atomic E-state index is 13.2. The van der Waals surface area contributed by atoms with E-state index < -0.39 is 17.8 Å². The molecular weight excluding hydrogens is 518 g/mol. The van der Waals surface area contributed by atoms with Crippen LogP contribution in [-0.4, -0.2) is 29.9 Å². The highest BCUT2D eigenvalue weighted by Crippen LogP contribution is 2.42. The van der Waals surface area contributed by atoms with Gasteiger partial charge in [0.2, 0.25) is 0 Å². The van der Waals surface area contributed by atoms with E-state index in [0.29, 0.717) is 16.3 Å². The molecule has 0 aromatic heterocycles. The third-order valence-electron chi connectivity index (χ3n) is 6.03. The molecule has 0 unspecified atom stereocenters. The summed E-state index contributed by atoms with van der Waals surface area (Å²) in [7, 11) is 0. The predicted octanol–water partition coefficient (Wildman–Crippen LogP) is 6.18. The second-order valence-corrected chi connectivity index (χ2v) is 10.3. The van der Waals surface area contributed by atoms with E-state index in [9.17, 15) is 14.4 Å². The molecule has 6 nitrogen and oxygen atoms in total. The van der Waals surface area contributed by atoms with Crippen LogP contribution in [0.2, 0.25) is 5.02 Å². The van der Waals surface area contributed by atoms with Crippen molar-refractivity contribution in [3.05, 3.63) is 68.7 Å². The van der Waals surface area contributed by atoms with Crippen LogP contribution in [0.1, 0.15) is 45.2 Å². The number of hydrogen-bond donors (Lipinski definition) is 1. The first-order valence-corrected chi connectivity index (χ1v) is 12.2. The van der Waals surface area contributed by atoms with Crippen molar-refractivity contribution in [2.75, 3.05) is 16.3 Å². The van der Waals surface area contributed by atoms with Crippen LogP contribution in [0.5, 0.6) is 0 Å². The zero-order valence-electron chi connectivity index (χ0n) is 19.4. The summed E-state index contributed by atoms with van der Waals surface area (Å²) in [5, 5.41) is 2.67. The van der Waals surface area contributed by atoms with E-state index in [0.717, 1.165) is 39.2 Å². The summed E-state index contributed by atoms with van der Waals surface area (Å²) in [5.41, 5.74) is 3.67. The number of amides is 4. The quantitative estimate of drug-likeness (QED) is 0.370. The van der Waals surface area contributed by atoms with Crippen molar-refractivity contribution in [3.8, 4) is 0 Å². The monoisotopic (exact) mass is 541 g/mol. The fourth-order valence-electron chi connectivity index (χ4n) is 4.50. The Morgan fingerprint density at radius 3 is 2.44 bits per heavy atom. The van der Waals surface area contributed by atoms with Gasteiger partial charge in [0.05, 0.1) is 11.2 Å². The van der Waals surface area contributed by atoms with Crippen LogP contribution in [0.25, 0.3) is 11.6 Å². The SMILES string of the molecule is CCCN1c2cc(Cl)c(/C=C3/C(=O)NC(=O)N(c4ccc(Br)cc4)C3=O)cc2C(C)=CC1(C)C. The number of imide groups is 2. The number of allylic oxidation sites excluding steroid dienone is 1. The summed E-state index contributed by atoms with van der Waals surface area (Å²) in [6.45, 7) is 9.37. The molecule has 0 aliphatic carbocycles. The third kappa shape index (κ3) is 4.30. The number of urea groups is 1. The summed E-state index contributed by atoms with van der Waals surface area (Å²) in [5.74, 6) is -1.45. The first-order chi connectivity index (χ1) is 16.0. The van der Waals surface area contributed by atoms with Crippen molar-refractivity contribution in [1.82, 2.24) is 5.32 Å². The van der Waals surface area contributed by atoms with Gasteiger partial charge < -0.3 is 4.90 Å². The predicted molar refractivity (Wildman–Crippen MR) is 140 cm³/mol. The molecule has 1 fully saturated rings. The molecule has 0 atom stereocenters. The van der Waals surface area contributed by atoms with Gasteiger partial charge in [-0.05, 0) is 80.8 Å². The van der Waals surface area contributed by atoms with Crippen LogP contribution < -0.4 is 15.1 Å². The molecule has 2 heterocycles. The lowest BCUT2D eigenvalue weighted by Crippen LogP contribution is -2.54. The number of nitrogens with zero attached hydrogens (tertiary/aromatic N) is 2. The largest absolute Gasteiger partial charge is 0.362 e. The number of hydrogen-bond acceptors (Lipinski definition) is 4. The molecule has 2 aromatic rings. The number of fused-ring (bicyclic) bond motifs is 1. The average molecular weight is 543 g/mol. The van der Waals surface area contributed by atoms with Crippen molar-refractivity contribution in [1.29, 1.82) is 0 Å². The molecule has 2 aromatic carbocycles. The Labute approximate surface area is 212 Å². The first kappa shape index (κ1) is 24.2. The van der Waals surface area contributed by atoms with Crippen LogP contribution in [0.3, 0.4) is 0 Å². The van der Waals surface area contributed by atoms with Gasteiger partial charge >= 0.3 is 6.03 Å². The highest BCUT2D eigenvalue weighted by molar-refractivity contribution is 9.10. The van der Waals surface area contributed by atoms with Gasteiger partial charge in [0.15, 0.2) is 0 Å². The lowest BCUT2D eigenvalue weighted by atomic mass is 9.87. The zero-order chi connectivity index (χ0) is 24.8. The number of benzene rings is 2. The smallest absolute Gasteiger partial charge is 0.335 e. The minimum Gasteiger partial charge on any atom is -0.362 e. The topological polar surface area (TPSA) is 69.7 Å². The van der Waals surface area contributed by atoms with E-state index in [1.54, 1.807) is 24.3 Å². The summed E-state index contributed by atoms with van der Waals surface area (Å²) >= 11 is 10.00. The van der Waals surface area contributed by atoms with E-state index in [4.69, 9.17) is 11.6 Å². The maximum absolute atomic E-state index is 13.2. The Hall–Kier alpha value is -2.90. The average Bonchev–Trinajstić information content (AvgIpc) is 2.75. The molecule has 1 saturated heterocycles. The molecule has 0 spiro atoms. The number of anilines is 2. The number of barbiturate groups is 1. The fraction of sp³-hybridized carbons (Fsp3) is 0.269. The fourth-order valence-corrected chi connectivity index (χ4v) is 4.97. The van der Waals surface area contributed by atoms with Crippen molar-refractivity contribution in [2.45, 2.75) is 39.7 Å². The molecule has 0 bridgehead atoms. The summed E-state index contributed by atoms with van der Waals surface area (Å²) in [6, 6.07) is 9.68. The van der Waals surface area contributed by atoms with Crippen molar-refractivity contribution >= 4 is 68.4 Å². The Bertz CT molecular complexity index is 1260. The molecule has 2 aliphatic rings. The van der Waals surface area contributed by atoms with E-state index in [1.165, 1.54) is 6.08 Å². The highest BCUT2D eigenvalue weighted by atomic mass is 79.9.